The molecule has 0 unspecified atom stereocenters. The highest BCUT2D eigenvalue weighted by Crippen LogP contribution is 2.57. The Hall–Kier alpha value is -2.32. The maximum atomic E-state index is 3.69. The highest BCUT2D eigenvalue weighted by molar-refractivity contribution is 9.10. The van der Waals surface area contributed by atoms with E-state index in [1.54, 1.807) is 0 Å². The molecule has 0 heterocycles. The van der Waals surface area contributed by atoms with Gasteiger partial charge in [-0.3, -0.25) is 0 Å². The number of hydrogen-bond donors (Lipinski definition) is 0. The summed E-state index contributed by atoms with van der Waals surface area (Å²) in [7, 11) is 2.25. The van der Waals surface area contributed by atoms with Crippen LogP contribution in [0.25, 0.3) is 33.0 Å². The summed E-state index contributed by atoms with van der Waals surface area (Å²) in [5.41, 5.74) is 12.8. The molecule has 30 heavy (non-hydrogen) atoms. The molecule has 2 aliphatic rings. The van der Waals surface area contributed by atoms with E-state index in [2.05, 4.69) is 112 Å². The van der Waals surface area contributed by atoms with Crippen molar-refractivity contribution >= 4 is 40.0 Å². The summed E-state index contributed by atoms with van der Waals surface area (Å²) in [6.45, 7) is 9.51. The molecule has 0 aromatic heterocycles. The molecule has 4 aromatic carbocycles. The van der Waals surface area contributed by atoms with E-state index < -0.39 is 0 Å². The molecular weight excluding hydrogens is 427 g/mol. The Morgan fingerprint density at radius 2 is 1.23 bits per heavy atom. The quantitative estimate of drug-likeness (QED) is 0.269. The maximum absolute atomic E-state index is 3.69. The van der Waals surface area contributed by atoms with Crippen molar-refractivity contribution in [2.45, 2.75) is 38.5 Å². The number of fused-ring (bicyclic) bond motifs is 8. The first kappa shape index (κ1) is 18.5. The van der Waals surface area contributed by atoms with Gasteiger partial charge < -0.3 is 0 Å². The Morgan fingerprint density at radius 3 is 2.00 bits per heavy atom. The number of hydrogen-bond acceptors (Lipinski definition) is 0. The van der Waals surface area contributed by atoms with Crippen LogP contribution in [0.5, 0.6) is 0 Å². The van der Waals surface area contributed by atoms with E-state index in [1.807, 2.05) is 0 Å². The zero-order chi connectivity index (χ0) is 21.0. The summed E-state index contributed by atoms with van der Waals surface area (Å²) in [5.74, 6) is 0. The molecule has 0 saturated heterocycles. The first-order valence-corrected chi connectivity index (χ1v) is 11.5. The number of rotatable bonds is 0. The van der Waals surface area contributed by atoms with Gasteiger partial charge >= 0.3 is 0 Å². The van der Waals surface area contributed by atoms with Gasteiger partial charge in [-0.1, -0.05) is 85.5 Å². The molecule has 0 saturated carbocycles. The Morgan fingerprint density at radius 1 is 0.633 bits per heavy atom. The molecule has 0 nitrogen and oxygen atoms in total. The second kappa shape index (κ2) is 5.68. The molecular formula is C28H24BBr. The minimum absolute atomic E-state index is 0.00310. The molecule has 0 aliphatic heterocycles. The van der Waals surface area contributed by atoms with Crippen LogP contribution in [0, 0.1) is 0 Å². The van der Waals surface area contributed by atoms with E-state index in [0.29, 0.717) is 0 Å². The first-order valence-electron chi connectivity index (χ1n) is 10.7. The Labute approximate surface area is 187 Å². The second-order valence-corrected chi connectivity index (χ2v) is 11.0. The van der Waals surface area contributed by atoms with Crippen LogP contribution in [0.1, 0.15) is 49.9 Å². The average Bonchev–Trinajstić information content (AvgIpc) is 3.06. The number of halogens is 1. The van der Waals surface area contributed by atoms with Crippen molar-refractivity contribution in [1.82, 2.24) is 0 Å². The molecule has 2 heteroatoms. The van der Waals surface area contributed by atoms with Crippen LogP contribution in [0.15, 0.2) is 65.1 Å². The van der Waals surface area contributed by atoms with E-state index in [0.717, 1.165) is 4.47 Å². The summed E-state index contributed by atoms with van der Waals surface area (Å²) >= 11 is 3.69. The molecule has 2 aliphatic carbocycles. The van der Waals surface area contributed by atoms with Gasteiger partial charge in [0.15, 0.2) is 0 Å². The van der Waals surface area contributed by atoms with Crippen molar-refractivity contribution in [1.29, 1.82) is 0 Å². The van der Waals surface area contributed by atoms with E-state index in [4.69, 9.17) is 0 Å². The van der Waals surface area contributed by atoms with Crippen molar-refractivity contribution in [3.8, 4) is 22.3 Å². The van der Waals surface area contributed by atoms with Gasteiger partial charge in [-0.15, -0.1) is 0 Å². The van der Waals surface area contributed by atoms with E-state index in [1.165, 1.54) is 60.7 Å². The maximum Gasteiger partial charge on any atom is 0.140 e. The molecule has 6 rings (SSSR count). The lowest BCUT2D eigenvalue weighted by atomic mass is 9.78. The van der Waals surface area contributed by atoms with Crippen LogP contribution in [0.4, 0.5) is 0 Å². The van der Waals surface area contributed by atoms with E-state index >= 15 is 0 Å². The fourth-order valence-corrected chi connectivity index (χ4v) is 6.32. The lowest BCUT2D eigenvalue weighted by Crippen LogP contribution is -2.18. The van der Waals surface area contributed by atoms with E-state index in [-0.39, 0.29) is 10.8 Å². The normalized spacial score (nSPS) is 16.8. The van der Waals surface area contributed by atoms with Crippen LogP contribution < -0.4 is 5.46 Å². The molecule has 0 N–H and O–H groups in total. The summed E-state index contributed by atoms with van der Waals surface area (Å²) in [6.07, 6.45) is 0. The number of benzene rings is 4. The Kier molecular flexibility index (Phi) is 3.49. The van der Waals surface area contributed by atoms with Gasteiger partial charge in [0, 0.05) is 15.3 Å². The molecule has 0 spiro atoms. The van der Waals surface area contributed by atoms with Crippen LogP contribution in [-0.2, 0) is 10.8 Å². The summed E-state index contributed by atoms with van der Waals surface area (Å²) < 4.78 is 1.15. The van der Waals surface area contributed by atoms with Crippen molar-refractivity contribution < 1.29 is 0 Å². The Balaban J connectivity index is 1.73. The third kappa shape index (κ3) is 2.13. The van der Waals surface area contributed by atoms with Crippen molar-refractivity contribution in [2.75, 3.05) is 0 Å². The van der Waals surface area contributed by atoms with Gasteiger partial charge in [-0.2, -0.15) is 0 Å². The first-order chi connectivity index (χ1) is 14.2. The topological polar surface area (TPSA) is 0 Å². The van der Waals surface area contributed by atoms with Gasteiger partial charge in [0.2, 0.25) is 0 Å². The zero-order valence-corrected chi connectivity index (χ0v) is 19.7. The van der Waals surface area contributed by atoms with Crippen LogP contribution in [0.3, 0.4) is 0 Å². The monoisotopic (exact) mass is 450 g/mol. The predicted octanol–water partition coefficient (Wildman–Crippen LogP) is 6.47. The molecule has 0 atom stereocenters. The fraction of sp³-hybridized carbons (Fsp3) is 0.214. The van der Waals surface area contributed by atoms with E-state index in [9.17, 15) is 0 Å². The standard InChI is InChI=1S/C28H24BBr/c1-27(2)21-11-15(30)9-10-16(21)19-12-23-20(13-22(19)27)26-18-8-6-5-7-17(18)25(29)14-24(26)28(23,3)4/h5-14H,29H2,1-4H3. The predicted molar refractivity (Wildman–Crippen MR) is 135 cm³/mol. The van der Waals surface area contributed by atoms with Crippen LogP contribution >= 0.6 is 15.9 Å². The lowest BCUT2D eigenvalue weighted by molar-refractivity contribution is 0.652. The SMILES string of the molecule is Bc1cc2c(c3ccccc13)-c1cc3c(cc1C2(C)C)-c1ccc(Br)cc1C3(C)C. The highest BCUT2D eigenvalue weighted by Gasteiger charge is 2.42. The van der Waals surface area contributed by atoms with Crippen molar-refractivity contribution in [3.63, 3.8) is 0 Å². The zero-order valence-electron chi connectivity index (χ0n) is 18.2. The van der Waals surface area contributed by atoms with Crippen molar-refractivity contribution in [3.05, 3.63) is 87.4 Å². The highest BCUT2D eigenvalue weighted by atomic mass is 79.9. The van der Waals surface area contributed by atoms with Gasteiger partial charge in [-0.25, -0.2) is 0 Å². The van der Waals surface area contributed by atoms with Crippen LogP contribution in [-0.4, -0.2) is 7.85 Å². The van der Waals surface area contributed by atoms with Gasteiger partial charge in [0.05, 0.1) is 0 Å². The minimum Gasteiger partial charge on any atom is -0.0809 e. The summed E-state index contributed by atoms with van der Waals surface area (Å²) in [4.78, 5) is 0. The molecule has 0 radical (unpaired) electrons. The molecule has 4 aromatic rings. The van der Waals surface area contributed by atoms with Gasteiger partial charge in [-0.05, 0) is 79.5 Å². The third-order valence-electron chi connectivity index (χ3n) is 7.64. The molecule has 0 fully saturated rings. The van der Waals surface area contributed by atoms with Crippen molar-refractivity contribution in [2.24, 2.45) is 0 Å². The smallest absolute Gasteiger partial charge is 0.0809 e. The largest absolute Gasteiger partial charge is 0.140 e. The summed E-state index contributed by atoms with van der Waals surface area (Å²) in [6, 6.07) is 23.1. The summed E-state index contributed by atoms with van der Waals surface area (Å²) in [5, 5.41) is 2.75. The van der Waals surface area contributed by atoms with Gasteiger partial charge in [0.25, 0.3) is 0 Å². The lowest BCUT2D eigenvalue weighted by Gasteiger charge is -2.24. The Bertz CT molecular complexity index is 1410. The molecule has 0 amide bonds. The second-order valence-electron chi connectivity index (χ2n) is 10.0. The fourth-order valence-electron chi connectivity index (χ4n) is 5.96. The molecule has 0 bridgehead atoms. The molecule has 146 valence electrons. The minimum atomic E-state index is -0.00323. The van der Waals surface area contributed by atoms with Crippen LogP contribution in [0.2, 0.25) is 0 Å². The average molecular weight is 451 g/mol. The van der Waals surface area contributed by atoms with Gasteiger partial charge in [0.1, 0.15) is 7.85 Å². The third-order valence-corrected chi connectivity index (χ3v) is 8.14.